The Kier molecular flexibility index (Phi) is 17.8. The Morgan fingerprint density at radius 3 is 0.905 bits per heavy atom. The van der Waals surface area contributed by atoms with Crippen molar-refractivity contribution in [2.24, 2.45) is 30.0 Å². The molecule has 2 fully saturated rings. The summed E-state index contributed by atoms with van der Waals surface area (Å²) in [6.45, 7) is 6.56. The molecule has 0 spiro atoms. The quantitative estimate of drug-likeness (QED) is 0.0560. The number of amidine groups is 4. The summed E-state index contributed by atoms with van der Waals surface area (Å²) in [6.07, 6.45) is 9.18. The van der Waals surface area contributed by atoms with Crippen LogP contribution in [0.3, 0.4) is 0 Å². The molecule has 16 rings (SSSR count). The van der Waals surface area contributed by atoms with E-state index in [2.05, 4.69) is 301 Å². The van der Waals surface area contributed by atoms with Gasteiger partial charge in [-0.1, -0.05) is 146 Å². The zero-order chi connectivity index (χ0) is 73.1. The number of aliphatic imine (C=N–C) groups is 4. The smallest absolute Gasteiger partial charge is 0.395 e. The van der Waals surface area contributed by atoms with Crippen LogP contribution in [-0.4, -0.2) is 204 Å². The molecule has 0 N–H and O–H groups in total. The third-order valence-electron chi connectivity index (χ3n) is 23.6. The molecule has 6 bridgehead atoms. The van der Waals surface area contributed by atoms with Gasteiger partial charge in [-0.2, -0.15) is 0 Å². The summed E-state index contributed by atoms with van der Waals surface area (Å²) >= 11 is 0. The minimum absolute atomic E-state index is 0.561. The Balaban J connectivity index is 1.15. The van der Waals surface area contributed by atoms with Crippen molar-refractivity contribution in [3.05, 3.63) is 227 Å². The van der Waals surface area contributed by atoms with Crippen LogP contribution in [0.25, 0.3) is 21.5 Å². The predicted octanol–water partition coefficient (Wildman–Crippen LogP) is 11.8. The molecule has 0 aliphatic carbocycles. The number of fused-ring (bicyclic) bond motifs is 14. The van der Waals surface area contributed by atoms with Crippen LogP contribution >= 0.6 is 0 Å². The van der Waals surface area contributed by atoms with E-state index in [1.807, 2.05) is 0 Å². The lowest BCUT2D eigenvalue weighted by Gasteiger charge is -2.47. The molecule has 0 saturated carbocycles. The van der Waals surface area contributed by atoms with E-state index in [1.54, 1.807) is 0 Å². The molecule has 8 aromatic carbocycles. The zero-order valence-electron chi connectivity index (χ0n) is 64.4. The maximum atomic E-state index is 10.1. The molecule has 0 unspecified atom stereocenters. The Morgan fingerprint density at radius 2 is 0.610 bits per heavy atom. The third-order valence-corrected chi connectivity index (χ3v) is 37.7. The fraction of sp³-hybridized carbons (Fsp3) is 0.349. The molecule has 0 atom stereocenters. The van der Waals surface area contributed by atoms with Gasteiger partial charge in [0.05, 0.1) is 138 Å². The van der Waals surface area contributed by atoms with Crippen molar-refractivity contribution < 1.29 is 17.2 Å². The molecule has 19 heteroatoms. The molecule has 6 aliphatic heterocycles. The molecule has 10 aromatic rings. The number of aromatic nitrogens is 2. The van der Waals surface area contributed by atoms with Crippen LogP contribution in [-0.2, 0) is 8.23 Å². The number of hydrogen-bond donors (Lipinski definition) is 0. The number of nitrogens with zero attached hydrogens (tertiary/aromatic N) is 14. The summed E-state index contributed by atoms with van der Waals surface area (Å²) in [5, 5.41) is 8.20. The fourth-order valence-electron chi connectivity index (χ4n) is 17.5. The van der Waals surface area contributed by atoms with E-state index in [0.29, 0.717) is 63.9 Å². The Labute approximate surface area is 624 Å². The van der Waals surface area contributed by atoms with E-state index in [9.17, 15) is 8.23 Å². The van der Waals surface area contributed by atoms with Gasteiger partial charge in [0.15, 0.2) is 23.3 Å². The van der Waals surface area contributed by atoms with Crippen LogP contribution in [0.2, 0.25) is 12.1 Å². The number of quaternary nitrogens is 6. The van der Waals surface area contributed by atoms with Crippen molar-refractivity contribution in [1.82, 2.24) is 26.4 Å². The van der Waals surface area contributed by atoms with Gasteiger partial charge in [0, 0.05) is 43.8 Å². The van der Waals surface area contributed by atoms with Crippen LogP contribution in [0.5, 0.6) is 0 Å². The maximum absolute atomic E-state index is 10.1. The van der Waals surface area contributed by atoms with E-state index in [0.717, 1.165) is 138 Å². The first-order chi connectivity index (χ1) is 50.2. The average molecular weight is 1450 g/mol. The zero-order valence-corrected chi connectivity index (χ0v) is 67.4. The summed E-state index contributed by atoms with van der Waals surface area (Å²) in [4.78, 5) is 36.0. The van der Waals surface area contributed by atoms with Crippen LogP contribution < -0.4 is 49.7 Å². The number of rotatable bonds is 20. The van der Waals surface area contributed by atoms with Crippen molar-refractivity contribution >= 4 is 126 Å². The molecule has 538 valence electrons. The molecular weight excluding hydrogens is 1350 g/mol. The standard InChI is InChI=1S/C86H106N14O2Si3/c1-95(2,3)63-39-47-67(48-40-63)103(61-29-59-99(13)55-25-15-26-56-99,68-49-41-64(42-50-68)96(4,5)6)101-105(102-104(62-30-60-100(14)57-27-16-28-58-100,69-51-43-65(44-52-69)97(7,8)9)70-53-45-66(46-54-70)98(10,11)12)93-83-75-35-21-22-36-76(75)85(93)91-81-73-33-19-20-34-74(73)82(88-81)92-86-78-38-24-23-37-77(78)84(94(86)105)90-80-72-32-18-17-31-71(72)79(87-80)89-83/h17-24,31-54H,15-16,25-30,55-62H2,1-14H3/q+6. The first kappa shape index (κ1) is 70.7. The fourth-order valence-corrected chi connectivity index (χ4v) is 33.7. The van der Waals surface area contributed by atoms with Gasteiger partial charge in [0.1, 0.15) is 45.4 Å². The van der Waals surface area contributed by atoms with Gasteiger partial charge in [-0.25, -0.2) is 30.0 Å². The second-order valence-electron chi connectivity index (χ2n) is 34.7. The second kappa shape index (κ2) is 26.4. The van der Waals surface area contributed by atoms with E-state index in [-0.39, 0.29) is 0 Å². The summed E-state index contributed by atoms with van der Waals surface area (Å²) in [5.74, 6) is 3.53. The highest BCUT2D eigenvalue weighted by molar-refractivity contribution is 7.05. The highest BCUT2D eigenvalue weighted by Gasteiger charge is 2.63. The van der Waals surface area contributed by atoms with Crippen molar-refractivity contribution in [2.45, 2.75) is 63.5 Å². The normalized spacial score (nSPS) is 17.6. The van der Waals surface area contributed by atoms with Gasteiger partial charge in [-0.3, -0.25) is 26.4 Å². The van der Waals surface area contributed by atoms with Crippen LogP contribution in [0.1, 0.15) is 73.6 Å². The number of benzene rings is 8. The van der Waals surface area contributed by atoms with Crippen LogP contribution in [0, 0.1) is 0 Å². The molecule has 2 aromatic heterocycles. The Hall–Kier alpha value is -8.55. The summed E-state index contributed by atoms with van der Waals surface area (Å²) < 4.78 is 29.6. The average Bonchev–Trinajstić information content (AvgIpc) is 1.58. The van der Waals surface area contributed by atoms with Crippen LogP contribution in [0.4, 0.5) is 34.4 Å². The van der Waals surface area contributed by atoms with E-state index in [4.69, 9.17) is 30.0 Å². The Bertz CT molecular complexity index is 4850. The number of hydrogen-bond acceptors (Lipinski definition) is 8. The third kappa shape index (κ3) is 12.8. The summed E-state index contributed by atoms with van der Waals surface area (Å²) in [6, 6.07) is 74.4. The minimum Gasteiger partial charge on any atom is -0.395 e. The first-order valence-electron chi connectivity index (χ1n) is 38.2. The molecule has 8 heterocycles. The van der Waals surface area contributed by atoms with E-state index in [1.165, 1.54) is 61.3 Å². The largest absolute Gasteiger partial charge is 0.583 e. The van der Waals surface area contributed by atoms with Crippen molar-refractivity contribution in [3.63, 3.8) is 0 Å². The predicted molar refractivity (Wildman–Crippen MR) is 445 cm³/mol. The minimum atomic E-state index is -5.21. The summed E-state index contributed by atoms with van der Waals surface area (Å²) in [5.41, 5.74) is 9.65. The second-order valence-corrected chi connectivity index (χ2v) is 44.9. The van der Waals surface area contributed by atoms with E-state index < -0.39 is 25.5 Å². The van der Waals surface area contributed by atoms with Crippen molar-refractivity contribution in [3.8, 4) is 0 Å². The van der Waals surface area contributed by atoms with Gasteiger partial charge in [-0.15, -0.1) is 0 Å². The monoisotopic (exact) mass is 1450 g/mol. The molecular formula is C86H106N14O2Si3+6. The molecule has 0 radical (unpaired) electrons. The van der Waals surface area contributed by atoms with Gasteiger partial charge in [0.25, 0.3) is 0 Å². The molecule has 2 saturated heterocycles. The maximum Gasteiger partial charge on any atom is 0.583 e. The number of piperidine rings is 2. The molecule has 0 amide bonds. The highest BCUT2D eigenvalue weighted by atomic mass is 28.5. The van der Waals surface area contributed by atoms with Gasteiger partial charge in [0.2, 0.25) is 16.6 Å². The van der Waals surface area contributed by atoms with Crippen molar-refractivity contribution in [2.75, 3.05) is 138 Å². The van der Waals surface area contributed by atoms with Gasteiger partial charge in [-0.05, 0) is 133 Å². The molecule has 6 aliphatic rings. The molecule has 105 heavy (non-hydrogen) atoms. The lowest BCUT2D eigenvalue weighted by atomic mass is 10.1. The lowest BCUT2D eigenvalue weighted by molar-refractivity contribution is -0.914. The van der Waals surface area contributed by atoms with Gasteiger partial charge < -0.3 is 17.2 Å². The lowest BCUT2D eigenvalue weighted by Crippen LogP contribution is -2.78. The van der Waals surface area contributed by atoms with Gasteiger partial charge >= 0.3 is 8.88 Å². The molecule has 16 nitrogen and oxygen atoms in total. The van der Waals surface area contributed by atoms with E-state index >= 15 is 0 Å². The number of likely N-dealkylation sites (tertiary alicyclic amines) is 2. The van der Waals surface area contributed by atoms with Crippen molar-refractivity contribution in [1.29, 1.82) is 0 Å². The van der Waals surface area contributed by atoms with Crippen LogP contribution in [0.15, 0.2) is 224 Å². The topological polar surface area (TPSA) is 102 Å². The SMILES string of the molecule is C[N+]1(CCC[Si](O[Si]2(O[Si](CCC[N+]3(C)CCCCC3)(c3ccc([N+](C)(C)C)cc3)c3ccc([N+](C)(C)C)cc3)n3c4c5ccccc5c3N=C3N=C(N=c5c6ccccc6c(n52)=NC2=NC(=N4)c4ccccc42)c2ccccc23)(c2ccc([N+](C)(C)C)cc2)c2ccc([N+](C)(C)C)cc2)CCCCC1. The first-order valence-corrected chi connectivity index (χ1v) is 44.1. The Morgan fingerprint density at radius 1 is 0.333 bits per heavy atom. The summed E-state index contributed by atoms with van der Waals surface area (Å²) in [7, 11) is 19.0. The highest BCUT2D eigenvalue weighted by Crippen LogP contribution is 2.46.